The molecule has 1 rings (SSSR count). The second kappa shape index (κ2) is 3.98. The summed E-state index contributed by atoms with van der Waals surface area (Å²) in [6, 6.07) is 0. The van der Waals surface area contributed by atoms with E-state index in [0.29, 0.717) is 6.29 Å². The Hall–Kier alpha value is -1.06. The Kier molecular flexibility index (Phi) is 3.13. The first-order valence-electron chi connectivity index (χ1n) is 4.86. The highest BCUT2D eigenvalue weighted by Gasteiger charge is 2.34. The lowest BCUT2D eigenvalue weighted by molar-refractivity contribution is -0.116. The van der Waals surface area contributed by atoms with Crippen LogP contribution < -0.4 is 5.32 Å². The number of hydrogen-bond acceptors (Lipinski definition) is 3. The fourth-order valence-corrected chi connectivity index (χ4v) is 1.12. The van der Waals surface area contributed by atoms with Crippen LogP contribution in [-0.2, 0) is 9.53 Å². The normalized spacial score (nSPS) is 18.5. The SMILES string of the molecule is CC(C)(C)NC(=O)O[C@H](C=O)C1CC1. The second-order valence-corrected chi connectivity index (χ2v) is 4.72. The summed E-state index contributed by atoms with van der Waals surface area (Å²) < 4.78 is 4.98. The zero-order valence-electron chi connectivity index (χ0n) is 8.87. The Morgan fingerprint density at radius 2 is 2.07 bits per heavy atom. The van der Waals surface area contributed by atoms with E-state index in [4.69, 9.17) is 4.74 Å². The maximum atomic E-state index is 11.3. The van der Waals surface area contributed by atoms with Gasteiger partial charge in [0.1, 0.15) is 0 Å². The molecular weight excluding hydrogens is 182 g/mol. The van der Waals surface area contributed by atoms with E-state index in [1.165, 1.54) is 0 Å². The van der Waals surface area contributed by atoms with Crippen molar-refractivity contribution < 1.29 is 14.3 Å². The lowest BCUT2D eigenvalue weighted by atomic mass is 10.1. The maximum Gasteiger partial charge on any atom is 0.408 e. The van der Waals surface area contributed by atoms with Gasteiger partial charge >= 0.3 is 6.09 Å². The molecule has 1 fully saturated rings. The van der Waals surface area contributed by atoms with Crippen molar-refractivity contribution >= 4 is 12.4 Å². The number of carbonyl (C=O) groups is 2. The van der Waals surface area contributed by atoms with Gasteiger partial charge in [-0.2, -0.15) is 0 Å². The van der Waals surface area contributed by atoms with Crippen LogP contribution in [0.3, 0.4) is 0 Å². The van der Waals surface area contributed by atoms with E-state index in [1.54, 1.807) is 0 Å². The molecule has 0 aromatic heterocycles. The van der Waals surface area contributed by atoms with E-state index in [9.17, 15) is 9.59 Å². The van der Waals surface area contributed by atoms with Gasteiger partial charge in [-0.25, -0.2) is 4.79 Å². The van der Waals surface area contributed by atoms with Gasteiger partial charge in [0.2, 0.25) is 0 Å². The first-order valence-corrected chi connectivity index (χ1v) is 4.86. The van der Waals surface area contributed by atoms with Crippen LogP contribution in [0.1, 0.15) is 33.6 Å². The fourth-order valence-electron chi connectivity index (χ4n) is 1.12. The van der Waals surface area contributed by atoms with Crippen molar-refractivity contribution in [3.05, 3.63) is 0 Å². The molecule has 0 radical (unpaired) electrons. The Labute approximate surface area is 84.0 Å². The highest BCUT2D eigenvalue weighted by Crippen LogP contribution is 2.33. The van der Waals surface area contributed by atoms with E-state index in [2.05, 4.69) is 5.32 Å². The number of ether oxygens (including phenoxy) is 1. The molecule has 4 nitrogen and oxygen atoms in total. The molecule has 0 unspecified atom stereocenters. The average molecular weight is 199 g/mol. The molecule has 1 saturated carbocycles. The molecule has 1 aliphatic rings. The van der Waals surface area contributed by atoms with Crippen molar-refractivity contribution in [2.24, 2.45) is 5.92 Å². The number of amides is 1. The minimum absolute atomic E-state index is 0.248. The topological polar surface area (TPSA) is 55.4 Å². The largest absolute Gasteiger partial charge is 0.438 e. The standard InChI is InChI=1S/C10H17NO3/c1-10(2,3)11-9(13)14-8(6-12)7-4-5-7/h6-8H,4-5H2,1-3H3,(H,11,13)/t8-/m1/s1. The van der Waals surface area contributed by atoms with Crippen molar-refractivity contribution in [3.8, 4) is 0 Å². The summed E-state index contributed by atoms with van der Waals surface area (Å²) in [4.78, 5) is 21.9. The zero-order valence-corrected chi connectivity index (χ0v) is 8.87. The van der Waals surface area contributed by atoms with Crippen LogP contribution in [-0.4, -0.2) is 24.0 Å². The second-order valence-electron chi connectivity index (χ2n) is 4.72. The smallest absolute Gasteiger partial charge is 0.408 e. The lowest BCUT2D eigenvalue weighted by Gasteiger charge is -2.21. The van der Waals surface area contributed by atoms with Crippen LogP contribution >= 0.6 is 0 Å². The summed E-state index contributed by atoms with van der Waals surface area (Å²) in [5.41, 5.74) is -0.325. The monoisotopic (exact) mass is 199 g/mol. The molecule has 4 heteroatoms. The summed E-state index contributed by atoms with van der Waals surface area (Å²) in [5, 5.41) is 2.65. The van der Waals surface area contributed by atoms with E-state index >= 15 is 0 Å². The van der Waals surface area contributed by atoms with Crippen molar-refractivity contribution in [1.29, 1.82) is 0 Å². The molecule has 80 valence electrons. The van der Waals surface area contributed by atoms with Crippen molar-refractivity contribution in [1.82, 2.24) is 5.32 Å². The molecule has 0 heterocycles. The van der Waals surface area contributed by atoms with Crippen molar-refractivity contribution in [2.45, 2.75) is 45.3 Å². The summed E-state index contributed by atoms with van der Waals surface area (Å²) in [5.74, 6) is 0.248. The molecular formula is C10H17NO3. The third-order valence-electron chi connectivity index (χ3n) is 1.94. The number of rotatable bonds is 3. The van der Waals surface area contributed by atoms with Gasteiger partial charge in [-0.05, 0) is 33.6 Å². The Bertz CT molecular complexity index is 228. The molecule has 0 aliphatic heterocycles. The molecule has 1 N–H and O–H groups in total. The van der Waals surface area contributed by atoms with Gasteiger partial charge < -0.3 is 10.1 Å². The van der Waals surface area contributed by atoms with Gasteiger partial charge in [0.25, 0.3) is 0 Å². The lowest BCUT2D eigenvalue weighted by Crippen LogP contribution is -2.42. The summed E-state index contributed by atoms with van der Waals surface area (Å²) in [6.45, 7) is 5.59. The van der Waals surface area contributed by atoms with Gasteiger partial charge in [0.05, 0.1) is 0 Å². The highest BCUT2D eigenvalue weighted by molar-refractivity contribution is 5.71. The summed E-state index contributed by atoms with van der Waals surface area (Å²) in [6.07, 6.45) is 1.59. The van der Waals surface area contributed by atoms with E-state index in [1.807, 2.05) is 20.8 Å². The number of alkyl carbamates (subject to hydrolysis) is 1. The van der Waals surface area contributed by atoms with Gasteiger partial charge in [-0.15, -0.1) is 0 Å². The predicted octanol–water partition coefficient (Wildman–Crippen LogP) is 1.49. The highest BCUT2D eigenvalue weighted by atomic mass is 16.6. The molecule has 0 aromatic rings. The summed E-state index contributed by atoms with van der Waals surface area (Å²) in [7, 11) is 0. The van der Waals surface area contributed by atoms with Crippen LogP contribution in [0.2, 0.25) is 0 Å². The third kappa shape index (κ3) is 3.77. The molecule has 0 spiro atoms. The maximum absolute atomic E-state index is 11.3. The van der Waals surface area contributed by atoms with E-state index < -0.39 is 12.2 Å². The number of carbonyl (C=O) groups excluding carboxylic acids is 2. The zero-order chi connectivity index (χ0) is 10.8. The number of nitrogens with one attached hydrogen (secondary N) is 1. The van der Waals surface area contributed by atoms with Gasteiger partial charge in [0.15, 0.2) is 12.4 Å². The molecule has 14 heavy (non-hydrogen) atoms. The van der Waals surface area contributed by atoms with Crippen LogP contribution in [0.4, 0.5) is 4.79 Å². The van der Waals surface area contributed by atoms with Crippen molar-refractivity contribution in [3.63, 3.8) is 0 Å². The molecule has 1 amide bonds. The number of aldehydes is 1. The van der Waals surface area contributed by atoms with Gasteiger partial charge in [-0.3, -0.25) is 4.79 Å². The van der Waals surface area contributed by atoms with Crippen LogP contribution in [0.15, 0.2) is 0 Å². The van der Waals surface area contributed by atoms with Crippen LogP contribution in [0, 0.1) is 5.92 Å². The number of hydrogen-bond donors (Lipinski definition) is 1. The van der Waals surface area contributed by atoms with E-state index in [0.717, 1.165) is 12.8 Å². The van der Waals surface area contributed by atoms with Crippen LogP contribution in [0.25, 0.3) is 0 Å². The average Bonchev–Trinajstić information content (AvgIpc) is 2.78. The molecule has 0 bridgehead atoms. The van der Waals surface area contributed by atoms with Crippen LogP contribution in [0.5, 0.6) is 0 Å². The minimum Gasteiger partial charge on any atom is -0.438 e. The van der Waals surface area contributed by atoms with Gasteiger partial charge in [0, 0.05) is 11.5 Å². The Morgan fingerprint density at radius 3 is 2.43 bits per heavy atom. The van der Waals surface area contributed by atoms with Crippen molar-refractivity contribution in [2.75, 3.05) is 0 Å². The quantitative estimate of drug-likeness (QED) is 0.700. The molecule has 1 aliphatic carbocycles. The molecule has 0 saturated heterocycles. The summed E-state index contributed by atoms with van der Waals surface area (Å²) >= 11 is 0. The first kappa shape index (κ1) is 11.0. The Balaban J connectivity index is 2.34. The predicted molar refractivity (Wildman–Crippen MR) is 51.9 cm³/mol. The third-order valence-corrected chi connectivity index (χ3v) is 1.94. The molecule has 1 atom stereocenters. The Morgan fingerprint density at radius 1 is 1.50 bits per heavy atom. The van der Waals surface area contributed by atoms with E-state index in [-0.39, 0.29) is 11.5 Å². The fraction of sp³-hybridized carbons (Fsp3) is 0.800. The molecule has 0 aromatic carbocycles. The van der Waals surface area contributed by atoms with Gasteiger partial charge in [-0.1, -0.05) is 0 Å². The minimum atomic E-state index is -0.558. The first-order chi connectivity index (χ1) is 6.42.